The van der Waals surface area contributed by atoms with Gasteiger partial charge in [0.2, 0.25) is 0 Å². The molecule has 4 saturated carbocycles. The predicted octanol–water partition coefficient (Wildman–Crippen LogP) is 4.53. The van der Waals surface area contributed by atoms with Crippen LogP contribution in [0.3, 0.4) is 0 Å². The summed E-state index contributed by atoms with van der Waals surface area (Å²) in [5.41, 5.74) is 0.344. The monoisotopic (exact) mass is 456 g/mol. The molecule has 0 radical (unpaired) electrons. The van der Waals surface area contributed by atoms with Crippen molar-refractivity contribution in [2.75, 3.05) is 5.75 Å². The van der Waals surface area contributed by atoms with E-state index in [1.54, 1.807) is 0 Å². The summed E-state index contributed by atoms with van der Waals surface area (Å²) in [6.45, 7) is 9.22. The Morgan fingerprint density at radius 1 is 0.968 bits per heavy atom. The summed E-state index contributed by atoms with van der Waals surface area (Å²) >= 11 is 0. The summed E-state index contributed by atoms with van der Waals surface area (Å²) in [6.07, 6.45) is 8.26. The van der Waals surface area contributed by atoms with E-state index in [2.05, 4.69) is 27.7 Å². The van der Waals surface area contributed by atoms with E-state index in [-0.39, 0.29) is 40.6 Å². The zero-order valence-electron chi connectivity index (χ0n) is 19.8. The third-order valence-corrected chi connectivity index (χ3v) is 11.7. The lowest BCUT2D eigenvalue weighted by Gasteiger charge is -2.64. The molecule has 31 heavy (non-hydrogen) atoms. The Kier molecular flexibility index (Phi) is 6.38. The van der Waals surface area contributed by atoms with Gasteiger partial charge < -0.3 is 10.2 Å². The maximum absolute atomic E-state index is 11.7. The van der Waals surface area contributed by atoms with Crippen molar-refractivity contribution in [2.45, 2.75) is 97.7 Å². The minimum atomic E-state index is -3.92. The maximum atomic E-state index is 11.7. The van der Waals surface area contributed by atoms with Gasteiger partial charge in [0, 0.05) is 0 Å². The SMILES string of the molecule is CC[C@H]1[C@@H](O)C2C3CCC(C(C)CCS(=O)(=O)O)[C@@]3(C)CCC2[C@@]2(C)CC[C@@H](O)C[C@@H]12. The van der Waals surface area contributed by atoms with Crippen LogP contribution >= 0.6 is 0 Å². The molecule has 11 atom stereocenters. The number of fused-ring (bicyclic) bond motifs is 5. The largest absolute Gasteiger partial charge is 0.393 e. The van der Waals surface area contributed by atoms with Crippen molar-refractivity contribution in [3.63, 3.8) is 0 Å². The Bertz CT molecular complexity index is 768. The van der Waals surface area contributed by atoms with E-state index in [9.17, 15) is 23.2 Å². The number of aliphatic hydroxyl groups is 2. The van der Waals surface area contributed by atoms with Crippen molar-refractivity contribution < 1.29 is 23.2 Å². The summed E-state index contributed by atoms with van der Waals surface area (Å²) < 4.78 is 31.9. The van der Waals surface area contributed by atoms with E-state index in [1.165, 1.54) is 0 Å². The molecule has 0 aliphatic heterocycles. The van der Waals surface area contributed by atoms with Gasteiger partial charge in [-0.25, -0.2) is 0 Å². The van der Waals surface area contributed by atoms with E-state index in [4.69, 9.17) is 0 Å². The topological polar surface area (TPSA) is 94.8 Å². The van der Waals surface area contributed by atoms with Crippen LogP contribution in [-0.4, -0.2) is 41.1 Å². The second-order valence-corrected chi connectivity index (χ2v) is 13.7. The van der Waals surface area contributed by atoms with Crippen LogP contribution < -0.4 is 0 Å². The highest BCUT2D eigenvalue weighted by Crippen LogP contribution is 2.69. The molecule has 0 spiro atoms. The summed E-state index contributed by atoms with van der Waals surface area (Å²) in [5.74, 6) is 2.55. The fraction of sp³-hybridized carbons (Fsp3) is 1.00. The molecule has 6 heteroatoms. The molecule has 4 aliphatic carbocycles. The Balaban J connectivity index is 1.61. The number of aliphatic hydroxyl groups excluding tert-OH is 2. The van der Waals surface area contributed by atoms with E-state index < -0.39 is 10.1 Å². The Morgan fingerprint density at radius 3 is 2.26 bits per heavy atom. The second-order valence-electron chi connectivity index (χ2n) is 12.2. The average Bonchev–Trinajstić information content (AvgIpc) is 3.04. The molecule has 0 amide bonds. The highest BCUT2D eigenvalue weighted by Gasteiger charge is 2.64. The van der Waals surface area contributed by atoms with Crippen LogP contribution in [0.5, 0.6) is 0 Å². The molecule has 0 aromatic heterocycles. The second kappa shape index (κ2) is 8.25. The zero-order valence-corrected chi connectivity index (χ0v) is 20.7. The van der Waals surface area contributed by atoms with Gasteiger partial charge in [0.25, 0.3) is 10.1 Å². The quantitative estimate of drug-likeness (QED) is 0.529. The van der Waals surface area contributed by atoms with E-state index in [0.29, 0.717) is 36.0 Å². The zero-order chi connectivity index (χ0) is 22.8. The first-order valence-electron chi connectivity index (χ1n) is 12.7. The predicted molar refractivity (Wildman–Crippen MR) is 122 cm³/mol. The molecule has 4 fully saturated rings. The van der Waals surface area contributed by atoms with E-state index >= 15 is 0 Å². The molecule has 0 bridgehead atoms. The fourth-order valence-corrected chi connectivity index (χ4v) is 10.1. The molecule has 0 aromatic rings. The van der Waals surface area contributed by atoms with Gasteiger partial charge in [-0.05, 0) is 104 Å². The lowest BCUT2D eigenvalue weighted by atomic mass is 9.41. The van der Waals surface area contributed by atoms with Crippen molar-refractivity contribution in [1.82, 2.24) is 0 Å². The van der Waals surface area contributed by atoms with Gasteiger partial charge in [-0.1, -0.05) is 34.1 Å². The lowest BCUT2D eigenvalue weighted by Crippen LogP contribution is -2.62. The van der Waals surface area contributed by atoms with Gasteiger partial charge in [-0.15, -0.1) is 0 Å². The van der Waals surface area contributed by atoms with Gasteiger partial charge in [-0.3, -0.25) is 4.55 Å². The molecule has 4 rings (SSSR count). The van der Waals surface area contributed by atoms with Crippen molar-refractivity contribution in [3.8, 4) is 0 Å². The Hall–Kier alpha value is -0.170. The minimum absolute atomic E-state index is 0.135. The van der Waals surface area contributed by atoms with Crippen molar-refractivity contribution in [3.05, 3.63) is 0 Å². The molecule has 5 unspecified atom stereocenters. The first kappa shape index (κ1) is 24.0. The first-order chi connectivity index (χ1) is 14.4. The van der Waals surface area contributed by atoms with Crippen molar-refractivity contribution in [2.24, 2.45) is 52.3 Å². The van der Waals surface area contributed by atoms with Crippen LogP contribution in [-0.2, 0) is 10.1 Å². The van der Waals surface area contributed by atoms with Crippen LogP contribution in [0, 0.1) is 52.3 Å². The number of hydrogen-bond acceptors (Lipinski definition) is 4. The summed E-state index contributed by atoms with van der Waals surface area (Å²) in [7, 11) is -3.92. The van der Waals surface area contributed by atoms with Gasteiger partial charge in [-0.2, -0.15) is 8.42 Å². The van der Waals surface area contributed by atoms with Crippen LogP contribution in [0.15, 0.2) is 0 Å². The molecule has 0 heterocycles. The molecular weight excluding hydrogens is 412 g/mol. The average molecular weight is 457 g/mol. The van der Waals surface area contributed by atoms with Gasteiger partial charge in [0.05, 0.1) is 18.0 Å². The molecule has 0 aromatic carbocycles. The van der Waals surface area contributed by atoms with Crippen LogP contribution in [0.2, 0.25) is 0 Å². The standard InChI is InChI=1S/C25H44O5S/c1-5-17-21-14-16(26)8-11-25(21,4)20-9-12-24(3)18(15(2)10-13-31(28,29)30)6-7-19(24)22(20)23(17)27/h15-23,26-27H,5-14H2,1-4H3,(H,28,29,30)/t15?,16-,17-,18?,19?,20?,21+,22?,23-,24-,25-/m1/s1. The minimum Gasteiger partial charge on any atom is -0.393 e. The first-order valence-corrected chi connectivity index (χ1v) is 14.3. The van der Waals surface area contributed by atoms with Crippen LogP contribution in [0.1, 0.15) is 85.5 Å². The van der Waals surface area contributed by atoms with E-state index in [0.717, 1.165) is 51.4 Å². The molecular formula is C25H44O5S. The molecule has 3 N–H and O–H groups in total. The Labute approximate surface area is 189 Å². The highest BCUT2D eigenvalue weighted by atomic mass is 32.2. The van der Waals surface area contributed by atoms with Crippen LogP contribution in [0.4, 0.5) is 0 Å². The lowest BCUT2D eigenvalue weighted by molar-refractivity contribution is -0.203. The summed E-state index contributed by atoms with van der Waals surface area (Å²) in [6, 6.07) is 0. The van der Waals surface area contributed by atoms with Gasteiger partial charge in [0.1, 0.15) is 0 Å². The Morgan fingerprint density at radius 2 is 1.61 bits per heavy atom. The molecule has 180 valence electrons. The molecule has 5 nitrogen and oxygen atoms in total. The molecule has 0 saturated heterocycles. The maximum Gasteiger partial charge on any atom is 0.264 e. The molecule has 4 aliphatic rings. The normalized spacial score (nSPS) is 50.9. The fourth-order valence-electron chi connectivity index (χ4n) is 9.47. The van der Waals surface area contributed by atoms with Crippen LogP contribution in [0.25, 0.3) is 0 Å². The number of rotatable bonds is 5. The van der Waals surface area contributed by atoms with Crippen molar-refractivity contribution in [1.29, 1.82) is 0 Å². The van der Waals surface area contributed by atoms with E-state index in [1.807, 2.05) is 0 Å². The van der Waals surface area contributed by atoms with Gasteiger partial charge in [0.15, 0.2) is 0 Å². The summed E-state index contributed by atoms with van der Waals surface area (Å²) in [4.78, 5) is 0. The highest BCUT2D eigenvalue weighted by molar-refractivity contribution is 7.85. The third kappa shape index (κ3) is 3.91. The van der Waals surface area contributed by atoms with Crippen molar-refractivity contribution >= 4 is 10.1 Å². The number of hydrogen-bond donors (Lipinski definition) is 3. The summed E-state index contributed by atoms with van der Waals surface area (Å²) in [5, 5.41) is 22.1. The van der Waals surface area contributed by atoms with Gasteiger partial charge >= 0.3 is 0 Å². The smallest absolute Gasteiger partial charge is 0.264 e. The third-order valence-electron chi connectivity index (χ3n) is 11.0.